The monoisotopic (exact) mass is 715 g/mol. The zero-order valence-electron chi connectivity index (χ0n) is 30.6. The number of likely N-dealkylation sites (N-methyl/N-ethyl adjacent to an activating group) is 1. The first-order valence-corrected chi connectivity index (χ1v) is 19.9. The maximum absolute atomic E-state index is 13.5. The molecule has 272 valence electrons. The predicted octanol–water partition coefficient (Wildman–Crippen LogP) is 7.60. The Morgan fingerprint density at radius 3 is 2.47 bits per heavy atom. The first-order valence-electron chi connectivity index (χ1n) is 18.3. The molecule has 1 amide bonds. The normalized spacial score (nSPS) is 27.3. The van der Waals surface area contributed by atoms with Gasteiger partial charge in [0.2, 0.25) is 0 Å². The molecular formula is C39H58ClN3O5S. The Kier molecular flexibility index (Phi) is 13.1. The van der Waals surface area contributed by atoms with Crippen LogP contribution in [0.2, 0.25) is 5.02 Å². The summed E-state index contributed by atoms with van der Waals surface area (Å²) in [7, 11) is 2.67. The number of amides is 1. The fraction of sp³-hybridized carbons (Fsp3) is 0.667. The summed E-state index contributed by atoms with van der Waals surface area (Å²) in [4.78, 5) is 18.1. The van der Waals surface area contributed by atoms with E-state index in [2.05, 4.69) is 68.4 Å². The third-order valence-corrected chi connectivity index (χ3v) is 13.1. The summed E-state index contributed by atoms with van der Waals surface area (Å²) in [5.41, 5.74) is 3.83. The summed E-state index contributed by atoms with van der Waals surface area (Å²) in [6.45, 7) is 14.0. The Hall–Kier alpha value is -2.17. The van der Waals surface area contributed by atoms with E-state index in [-0.39, 0.29) is 34.8 Å². The van der Waals surface area contributed by atoms with Gasteiger partial charge in [-0.2, -0.15) is 0 Å². The minimum Gasteiger partial charge on any atom is -0.491 e. The SMILES string of the molecule is CCCc1cc(Cl)ccc1C1COc2ccc(C(=O)NS(=O)C(C)C(C)CCC)cc2N(CC2CCC2CC2OCC(C)(N(C)C)CO2)C1. The zero-order valence-corrected chi connectivity index (χ0v) is 32.2. The second kappa shape index (κ2) is 16.9. The minimum atomic E-state index is -1.48. The molecule has 3 aliphatic rings. The smallest absolute Gasteiger partial charge is 0.263 e. The molecule has 2 aromatic rings. The lowest BCUT2D eigenvalue weighted by Gasteiger charge is -2.45. The lowest BCUT2D eigenvalue weighted by Crippen LogP contribution is -2.55. The molecule has 10 heteroatoms. The van der Waals surface area contributed by atoms with Crippen LogP contribution in [0.25, 0.3) is 0 Å². The van der Waals surface area contributed by atoms with Crippen LogP contribution in [0, 0.1) is 17.8 Å². The van der Waals surface area contributed by atoms with Crippen LogP contribution in [0.3, 0.4) is 0 Å². The second-order valence-electron chi connectivity index (χ2n) is 15.2. The maximum Gasteiger partial charge on any atom is 0.263 e. The van der Waals surface area contributed by atoms with E-state index in [0.717, 1.165) is 74.5 Å². The van der Waals surface area contributed by atoms with Crippen LogP contribution in [0.15, 0.2) is 36.4 Å². The molecule has 5 rings (SSSR count). The van der Waals surface area contributed by atoms with E-state index in [4.69, 9.17) is 25.8 Å². The predicted molar refractivity (Wildman–Crippen MR) is 200 cm³/mol. The van der Waals surface area contributed by atoms with Crippen LogP contribution in [-0.4, -0.2) is 79.1 Å². The number of carbonyl (C=O) groups excluding carboxylic acids is 1. The molecule has 1 saturated heterocycles. The van der Waals surface area contributed by atoms with Gasteiger partial charge in [0.15, 0.2) is 6.29 Å². The van der Waals surface area contributed by atoms with Crippen molar-refractivity contribution in [3.8, 4) is 5.75 Å². The highest BCUT2D eigenvalue weighted by Crippen LogP contribution is 2.43. The molecule has 6 atom stereocenters. The number of anilines is 1. The molecule has 1 saturated carbocycles. The van der Waals surface area contributed by atoms with E-state index < -0.39 is 11.0 Å². The van der Waals surface area contributed by atoms with Gasteiger partial charge in [-0.15, -0.1) is 0 Å². The lowest BCUT2D eigenvalue weighted by atomic mass is 9.71. The van der Waals surface area contributed by atoms with Gasteiger partial charge in [-0.25, -0.2) is 4.21 Å². The number of hydrogen-bond acceptors (Lipinski definition) is 7. The van der Waals surface area contributed by atoms with Crippen LogP contribution in [0.1, 0.15) is 101 Å². The van der Waals surface area contributed by atoms with Crippen molar-refractivity contribution in [3.63, 3.8) is 0 Å². The number of halogens is 1. The molecule has 8 nitrogen and oxygen atoms in total. The van der Waals surface area contributed by atoms with Crippen LogP contribution in [0.4, 0.5) is 5.69 Å². The Balaban J connectivity index is 1.37. The number of ether oxygens (including phenoxy) is 3. The van der Waals surface area contributed by atoms with Gasteiger partial charge in [-0.1, -0.05) is 51.3 Å². The van der Waals surface area contributed by atoms with Gasteiger partial charge in [0.1, 0.15) is 16.7 Å². The minimum absolute atomic E-state index is 0.110. The maximum atomic E-state index is 13.5. The van der Waals surface area contributed by atoms with Gasteiger partial charge >= 0.3 is 0 Å². The van der Waals surface area contributed by atoms with Gasteiger partial charge < -0.3 is 19.1 Å². The molecule has 2 aliphatic heterocycles. The van der Waals surface area contributed by atoms with Crippen molar-refractivity contribution >= 4 is 34.2 Å². The van der Waals surface area contributed by atoms with E-state index in [1.807, 2.05) is 25.1 Å². The summed E-state index contributed by atoms with van der Waals surface area (Å²) < 4.78 is 34.9. The van der Waals surface area contributed by atoms with Crippen molar-refractivity contribution < 1.29 is 23.2 Å². The highest BCUT2D eigenvalue weighted by atomic mass is 35.5. The van der Waals surface area contributed by atoms with Crippen LogP contribution < -0.4 is 14.4 Å². The average Bonchev–Trinajstić information content (AvgIpc) is 3.25. The molecule has 2 fully saturated rings. The summed E-state index contributed by atoms with van der Waals surface area (Å²) >= 11 is 6.46. The summed E-state index contributed by atoms with van der Waals surface area (Å²) in [6.07, 6.45) is 6.97. The summed E-state index contributed by atoms with van der Waals surface area (Å²) in [6, 6.07) is 11.9. The number of rotatable bonds is 14. The lowest BCUT2D eigenvalue weighted by molar-refractivity contribution is -0.235. The number of nitrogens with one attached hydrogen (secondary N) is 1. The first kappa shape index (κ1) is 38.1. The molecule has 0 radical (unpaired) electrons. The summed E-state index contributed by atoms with van der Waals surface area (Å²) in [5, 5.41) is 0.620. The van der Waals surface area contributed by atoms with Crippen molar-refractivity contribution in [2.75, 3.05) is 51.9 Å². The molecule has 0 bridgehead atoms. The summed E-state index contributed by atoms with van der Waals surface area (Å²) in [5.74, 6) is 1.79. The van der Waals surface area contributed by atoms with Gasteiger partial charge in [0, 0.05) is 36.0 Å². The molecule has 0 spiro atoms. The van der Waals surface area contributed by atoms with E-state index >= 15 is 0 Å². The van der Waals surface area contributed by atoms with Gasteiger partial charge in [-0.3, -0.25) is 14.4 Å². The Morgan fingerprint density at radius 2 is 1.82 bits per heavy atom. The number of nitrogens with zero attached hydrogens (tertiary/aromatic N) is 2. The van der Waals surface area contributed by atoms with E-state index in [0.29, 0.717) is 37.2 Å². The van der Waals surface area contributed by atoms with Gasteiger partial charge in [0.05, 0.1) is 36.3 Å². The van der Waals surface area contributed by atoms with E-state index in [9.17, 15) is 9.00 Å². The standard InChI is InChI=1S/C39H58ClN3O5S/c1-8-10-26(3)27(4)49(45)41-38(44)30-14-17-36-35(19-30)43(22-32(23-46-36)34-16-15-33(40)18-29(34)11-9-2)21-31-13-12-28(31)20-37-47-24-39(5,25-48-37)42(6)7/h14-19,26-28,31-32,37H,8-13,20-25H2,1-7H3,(H,41,44). The van der Waals surface area contributed by atoms with Crippen molar-refractivity contribution in [3.05, 3.63) is 58.1 Å². The molecule has 1 aliphatic carbocycles. The third-order valence-electron chi connectivity index (χ3n) is 11.3. The van der Waals surface area contributed by atoms with Crippen LogP contribution >= 0.6 is 11.6 Å². The molecule has 49 heavy (non-hydrogen) atoms. The van der Waals surface area contributed by atoms with Crippen molar-refractivity contribution in [2.45, 2.75) is 103 Å². The third kappa shape index (κ3) is 9.20. The van der Waals surface area contributed by atoms with Crippen molar-refractivity contribution in [2.24, 2.45) is 17.8 Å². The van der Waals surface area contributed by atoms with E-state index in [1.165, 1.54) is 11.1 Å². The van der Waals surface area contributed by atoms with E-state index in [1.54, 1.807) is 6.07 Å². The zero-order chi connectivity index (χ0) is 35.3. The highest BCUT2D eigenvalue weighted by Gasteiger charge is 2.40. The Bertz CT molecular complexity index is 1450. The number of benzene rings is 2. The molecule has 2 aromatic carbocycles. The van der Waals surface area contributed by atoms with Crippen LogP contribution in [-0.2, 0) is 26.9 Å². The average molecular weight is 716 g/mol. The number of carbonyl (C=O) groups is 1. The fourth-order valence-corrected chi connectivity index (χ4v) is 8.59. The molecular weight excluding hydrogens is 658 g/mol. The fourth-order valence-electron chi connectivity index (χ4n) is 7.35. The molecule has 2 heterocycles. The van der Waals surface area contributed by atoms with Gasteiger partial charge in [-0.05, 0) is 113 Å². The number of hydrogen-bond donors (Lipinski definition) is 1. The topological polar surface area (TPSA) is 80.3 Å². The molecule has 0 aromatic heterocycles. The Labute approximate surface area is 302 Å². The molecule has 1 N–H and O–H groups in total. The highest BCUT2D eigenvalue weighted by molar-refractivity contribution is 7.84. The largest absolute Gasteiger partial charge is 0.491 e. The van der Waals surface area contributed by atoms with Crippen molar-refractivity contribution in [1.29, 1.82) is 0 Å². The quantitative estimate of drug-likeness (QED) is 0.216. The second-order valence-corrected chi connectivity index (χ2v) is 17.1. The number of fused-ring (bicyclic) bond motifs is 1. The molecule has 6 unspecified atom stereocenters. The van der Waals surface area contributed by atoms with Crippen molar-refractivity contribution in [1.82, 2.24) is 9.62 Å². The Morgan fingerprint density at radius 1 is 1.08 bits per heavy atom. The van der Waals surface area contributed by atoms with Gasteiger partial charge in [0.25, 0.3) is 5.91 Å². The number of aryl methyl sites for hydroxylation is 1. The first-order chi connectivity index (χ1) is 23.4. The van der Waals surface area contributed by atoms with Crippen LogP contribution in [0.5, 0.6) is 5.75 Å².